The molecule has 18 heavy (non-hydrogen) atoms. The standard InChI is InChI=1S/C17H19N/c1-5-6-7-12(2)15-8-9-16-13(3)10-11-18-17(16)14(15)4/h6-11H,4-5H2,1-3H3/b7-6-,15-12-. The van der Waals surface area contributed by atoms with Crippen molar-refractivity contribution in [2.24, 2.45) is 0 Å². The van der Waals surface area contributed by atoms with Crippen molar-refractivity contribution in [1.29, 1.82) is 0 Å². The van der Waals surface area contributed by atoms with Crippen molar-refractivity contribution in [3.05, 3.63) is 52.5 Å². The maximum absolute atomic E-state index is 4.46. The molecule has 1 heteroatoms. The highest BCUT2D eigenvalue weighted by Crippen LogP contribution is 2.10. The number of pyridine rings is 1. The lowest BCUT2D eigenvalue weighted by Crippen LogP contribution is -2.26. The van der Waals surface area contributed by atoms with Gasteiger partial charge in [-0.15, -0.1) is 0 Å². The van der Waals surface area contributed by atoms with Gasteiger partial charge in [0.15, 0.2) is 0 Å². The molecule has 0 radical (unpaired) electrons. The Kier molecular flexibility index (Phi) is 3.61. The van der Waals surface area contributed by atoms with Crippen molar-refractivity contribution >= 4 is 23.1 Å². The Morgan fingerprint density at radius 2 is 2.11 bits per heavy atom. The van der Waals surface area contributed by atoms with Crippen molar-refractivity contribution in [1.82, 2.24) is 4.98 Å². The van der Waals surface area contributed by atoms with Gasteiger partial charge in [-0.25, -0.2) is 0 Å². The Morgan fingerprint density at radius 3 is 2.83 bits per heavy atom. The predicted molar refractivity (Wildman–Crippen MR) is 79.8 cm³/mol. The van der Waals surface area contributed by atoms with Crippen molar-refractivity contribution < 1.29 is 0 Å². The zero-order valence-corrected chi connectivity index (χ0v) is 11.3. The van der Waals surface area contributed by atoms with Crippen LogP contribution in [0.15, 0.2) is 36.5 Å². The molecule has 0 aliphatic rings. The van der Waals surface area contributed by atoms with E-state index in [1.165, 1.54) is 21.7 Å². The van der Waals surface area contributed by atoms with Gasteiger partial charge in [-0.1, -0.05) is 37.8 Å². The molecule has 0 amide bonds. The molecular weight excluding hydrogens is 218 g/mol. The van der Waals surface area contributed by atoms with Gasteiger partial charge in [0.1, 0.15) is 0 Å². The van der Waals surface area contributed by atoms with E-state index in [0.29, 0.717) is 0 Å². The first kappa shape index (κ1) is 12.6. The highest BCUT2D eigenvalue weighted by Gasteiger charge is 2.00. The minimum absolute atomic E-state index is 1.01. The number of fused-ring (bicyclic) bond motifs is 1. The number of hydrogen-bond acceptors (Lipinski definition) is 1. The summed E-state index contributed by atoms with van der Waals surface area (Å²) >= 11 is 0. The van der Waals surface area contributed by atoms with Crippen LogP contribution < -0.4 is 10.4 Å². The van der Waals surface area contributed by atoms with Gasteiger partial charge in [-0.2, -0.15) is 0 Å². The molecule has 0 spiro atoms. The second-order valence-corrected chi connectivity index (χ2v) is 4.61. The van der Waals surface area contributed by atoms with E-state index >= 15 is 0 Å². The molecule has 1 aromatic carbocycles. The smallest absolute Gasteiger partial charge is 0.0777 e. The second-order valence-electron chi connectivity index (χ2n) is 4.61. The van der Waals surface area contributed by atoms with E-state index in [-0.39, 0.29) is 0 Å². The Labute approximate surface area is 108 Å². The lowest BCUT2D eigenvalue weighted by Gasteiger charge is -2.03. The van der Waals surface area contributed by atoms with Gasteiger partial charge in [-0.05, 0) is 42.7 Å². The third kappa shape index (κ3) is 2.21. The monoisotopic (exact) mass is 237 g/mol. The molecule has 0 saturated carbocycles. The Bertz CT molecular complexity index is 708. The van der Waals surface area contributed by atoms with Crippen LogP contribution in [-0.4, -0.2) is 4.98 Å². The third-order valence-corrected chi connectivity index (χ3v) is 3.26. The fourth-order valence-electron chi connectivity index (χ4n) is 2.17. The molecule has 0 unspecified atom stereocenters. The lowest BCUT2D eigenvalue weighted by molar-refractivity contribution is 1.22. The van der Waals surface area contributed by atoms with Crippen molar-refractivity contribution in [2.75, 3.05) is 0 Å². The molecule has 0 saturated heterocycles. The van der Waals surface area contributed by atoms with E-state index in [1.54, 1.807) is 0 Å². The summed E-state index contributed by atoms with van der Waals surface area (Å²) in [6, 6.07) is 6.33. The fourth-order valence-corrected chi connectivity index (χ4v) is 2.17. The second kappa shape index (κ2) is 5.18. The van der Waals surface area contributed by atoms with Crippen LogP contribution in [-0.2, 0) is 0 Å². The number of allylic oxidation sites excluding steroid dienone is 2. The molecule has 1 heterocycles. The first-order valence-electron chi connectivity index (χ1n) is 6.36. The molecule has 2 aromatic rings. The van der Waals surface area contributed by atoms with E-state index in [2.05, 4.69) is 56.6 Å². The van der Waals surface area contributed by atoms with Crippen LogP contribution in [0.3, 0.4) is 0 Å². The van der Waals surface area contributed by atoms with Crippen LogP contribution in [0, 0.1) is 6.92 Å². The van der Waals surface area contributed by atoms with Crippen LogP contribution in [0.25, 0.3) is 23.1 Å². The topological polar surface area (TPSA) is 12.9 Å². The number of aryl methyl sites for hydroxylation is 1. The summed E-state index contributed by atoms with van der Waals surface area (Å²) in [5, 5.41) is 3.40. The Morgan fingerprint density at radius 1 is 1.33 bits per heavy atom. The summed E-state index contributed by atoms with van der Waals surface area (Å²) in [7, 11) is 0. The zero-order chi connectivity index (χ0) is 13.1. The van der Waals surface area contributed by atoms with E-state index in [4.69, 9.17) is 0 Å². The first-order valence-corrected chi connectivity index (χ1v) is 6.36. The zero-order valence-electron chi connectivity index (χ0n) is 11.3. The molecule has 0 aliphatic carbocycles. The lowest BCUT2D eigenvalue weighted by atomic mass is 10.1. The molecule has 92 valence electrons. The molecule has 1 nitrogen and oxygen atoms in total. The number of aromatic nitrogens is 1. The summed E-state index contributed by atoms with van der Waals surface area (Å²) in [4.78, 5) is 4.46. The molecular formula is C17H19N. The summed E-state index contributed by atoms with van der Waals surface area (Å²) in [6.45, 7) is 10.6. The molecule has 0 N–H and O–H groups in total. The van der Waals surface area contributed by atoms with Crippen molar-refractivity contribution in [3.8, 4) is 0 Å². The Balaban J connectivity index is 2.81. The molecule has 0 aliphatic heterocycles. The SMILES string of the molecule is C=c1/c(=C(C)\C=C/CC)ccc2c(C)ccnc12. The Hall–Kier alpha value is -1.89. The predicted octanol–water partition coefficient (Wildman–Crippen LogP) is 3.09. The molecule has 0 bridgehead atoms. The minimum atomic E-state index is 1.01. The van der Waals surface area contributed by atoms with Crippen LogP contribution in [0.4, 0.5) is 0 Å². The average molecular weight is 237 g/mol. The van der Waals surface area contributed by atoms with Crippen LogP contribution >= 0.6 is 0 Å². The molecule has 1 aromatic heterocycles. The maximum Gasteiger partial charge on any atom is 0.0777 e. The van der Waals surface area contributed by atoms with E-state index in [0.717, 1.165) is 17.2 Å². The van der Waals surface area contributed by atoms with Gasteiger partial charge in [0, 0.05) is 16.8 Å². The molecule has 2 rings (SSSR count). The fraction of sp³-hybridized carbons (Fsp3) is 0.235. The highest BCUT2D eigenvalue weighted by atomic mass is 14.6. The number of benzene rings is 1. The number of hydrogen-bond donors (Lipinski definition) is 0. The average Bonchev–Trinajstić information content (AvgIpc) is 2.37. The van der Waals surface area contributed by atoms with Gasteiger partial charge in [0.25, 0.3) is 0 Å². The van der Waals surface area contributed by atoms with E-state index < -0.39 is 0 Å². The van der Waals surface area contributed by atoms with Gasteiger partial charge < -0.3 is 0 Å². The molecule has 0 atom stereocenters. The van der Waals surface area contributed by atoms with E-state index in [9.17, 15) is 0 Å². The minimum Gasteiger partial charge on any atom is -0.256 e. The largest absolute Gasteiger partial charge is 0.256 e. The van der Waals surface area contributed by atoms with Crippen LogP contribution in [0.5, 0.6) is 0 Å². The normalized spacial score (nSPS) is 13.3. The maximum atomic E-state index is 4.46. The highest BCUT2D eigenvalue weighted by molar-refractivity contribution is 5.83. The van der Waals surface area contributed by atoms with Gasteiger partial charge in [0.2, 0.25) is 0 Å². The van der Waals surface area contributed by atoms with Gasteiger partial charge >= 0.3 is 0 Å². The summed E-state index contributed by atoms with van der Waals surface area (Å²) < 4.78 is 0. The number of nitrogens with zero attached hydrogens (tertiary/aromatic N) is 1. The number of rotatable bonds is 2. The first-order chi connectivity index (χ1) is 8.65. The van der Waals surface area contributed by atoms with Crippen LogP contribution in [0.2, 0.25) is 0 Å². The summed E-state index contributed by atoms with van der Waals surface area (Å²) in [5.41, 5.74) is 3.50. The quantitative estimate of drug-likeness (QED) is 0.782. The summed E-state index contributed by atoms with van der Waals surface area (Å²) in [5.74, 6) is 0. The van der Waals surface area contributed by atoms with Gasteiger partial charge in [0.05, 0.1) is 5.52 Å². The van der Waals surface area contributed by atoms with Crippen molar-refractivity contribution in [3.63, 3.8) is 0 Å². The van der Waals surface area contributed by atoms with Gasteiger partial charge in [-0.3, -0.25) is 4.98 Å². The van der Waals surface area contributed by atoms with E-state index in [1.807, 2.05) is 12.3 Å². The third-order valence-electron chi connectivity index (χ3n) is 3.26. The van der Waals surface area contributed by atoms with Crippen molar-refractivity contribution in [2.45, 2.75) is 27.2 Å². The summed E-state index contributed by atoms with van der Waals surface area (Å²) in [6.07, 6.45) is 7.23. The van der Waals surface area contributed by atoms with Crippen LogP contribution in [0.1, 0.15) is 25.8 Å². The molecule has 0 fully saturated rings.